The number of quaternary nitrogens is 1. The van der Waals surface area contributed by atoms with Crippen LogP contribution in [0.2, 0.25) is 0 Å². The first-order chi connectivity index (χ1) is 14.1. The molecule has 1 aromatic heterocycles. The largest absolute Gasteiger partial charge is 0.450 e. The Balaban J connectivity index is 1.79. The average Bonchev–Trinajstić information content (AvgIpc) is 3.13. The first kappa shape index (κ1) is 20.3. The molecule has 0 bridgehead atoms. The fraction of sp³-hybridized carbons (Fsp3) is 0.227. The summed E-state index contributed by atoms with van der Waals surface area (Å²) in [5.41, 5.74) is 3.87. The molecule has 3 rings (SSSR count). The van der Waals surface area contributed by atoms with Crippen LogP contribution in [0.5, 0.6) is 0 Å². The number of para-hydroxylation sites is 1. The molecule has 150 valence electrons. The number of alkyl carbamates (subject to hydrolysis) is 1. The van der Waals surface area contributed by atoms with Crippen LogP contribution in [-0.2, 0) is 16.1 Å². The predicted octanol–water partition coefficient (Wildman–Crippen LogP) is 1.83. The number of rotatable bonds is 7. The lowest BCUT2D eigenvalue weighted by molar-refractivity contribution is -0.885. The van der Waals surface area contributed by atoms with Crippen molar-refractivity contribution in [3.8, 4) is 16.9 Å². The summed E-state index contributed by atoms with van der Waals surface area (Å²) >= 11 is 0. The summed E-state index contributed by atoms with van der Waals surface area (Å²) in [5, 5.41) is 7.02. The molecular formula is C22H25N4O3+. The number of imide groups is 1. The highest BCUT2D eigenvalue weighted by molar-refractivity contribution is 5.92. The number of aromatic nitrogens is 2. The van der Waals surface area contributed by atoms with E-state index in [2.05, 4.69) is 5.32 Å². The van der Waals surface area contributed by atoms with Crippen LogP contribution in [0.3, 0.4) is 0 Å². The van der Waals surface area contributed by atoms with Crippen LogP contribution in [0, 0.1) is 0 Å². The van der Waals surface area contributed by atoms with Gasteiger partial charge in [-0.3, -0.25) is 10.1 Å². The van der Waals surface area contributed by atoms with Gasteiger partial charge in [0.15, 0.2) is 6.54 Å². The van der Waals surface area contributed by atoms with Gasteiger partial charge in [0.05, 0.1) is 24.9 Å². The number of carbonyl (C=O) groups excluding carboxylic acids is 2. The second-order valence-corrected chi connectivity index (χ2v) is 6.73. The topological polar surface area (TPSA) is 77.7 Å². The molecule has 0 aliphatic carbocycles. The van der Waals surface area contributed by atoms with Crippen molar-refractivity contribution in [2.75, 3.05) is 20.2 Å². The third kappa shape index (κ3) is 5.52. The van der Waals surface area contributed by atoms with Crippen molar-refractivity contribution < 1.29 is 19.2 Å². The highest BCUT2D eigenvalue weighted by Crippen LogP contribution is 2.23. The third-order valence-electron chi connectivity index (χ3n) is 4.33. The SMILES string of the molecule is CCOC(=O)NC(=O)C[NH+](C)Cc1cn(-c2ccccc2)nc1-c1ccccc1. The van der Waals surface area contributed by atoms with E-state index in [1.165, 1.54) is 0 Å². The minimum Gasteiger partial charge on any atom is -0.450 e. The monoisotopic (exact) mass is 393 g/mol. The summed E-state index contributed by atoms with van der Waals surface area (Å²) in [6.45, 7) is 2.63. The van der Waals surface area contributed by atoms with Gasteiger partial charge in [-0.15, -0.1) is 0 Å². The number of ether oxygens (including phenoxy) is 1. The lowest BCUT2D eigenvalue weighted by Gasteiger charge is -2.13. The fourth-order valence-corrected chi connectivity index (χ4v) is 3.08. The van der Waals surface area contributed by atoms with E-state index >= 15 is 0 Å². The van der Waals surface area contributed by atoms with Crippen molar-refractivity contribution in [1.29, 1.82) is 0 Å². The number of nitrogens with zero attached hydrogens (tertiary/aromatic N) is 2. The highest BCUT2D eigenvalue weighted by atomic mass is 16.5. The Kier molecular flexibility index (Phi) is 6.76. The van der Waals surface area contributed by atoms with E-state index in [9.17, 15) is 9.59 Å². The van der Waals surface area contributed by atoms with Crippen LogP contribution in [0.25, 0.3) is 16.9 Å². The normalized spacial score (nSPS) is 11.7. The zero-order chi connectivity index (χ0) is 20.6. The van der Waals surface area contributed by atoms with Gasteiger partial charge in [0, 0.05) is 11.8 Å². The molecule has 0 aliphatic heterocycles. The molecule has 29 heavy (non-hydrogen) atoms. The first-order valence-electron chi connectivity index (χ1n) is 9.54. The van der Waals surface area contributed by atoms with E-state index < -0.39 is 6.09 Å². The van der Waals surface area contributed by atoms with Gasteiger partial charge in [0.1, 0.15) is 12.2 Å². The van der Waals surface area contributed by atoms with Gasteiger partial charge in [-0.25, -0.2) is 9.48 Å². The number of carbonyl (C=O) groups is 2. The maximum absolute atomic E-state index is 12.1. The molecule has 7 heteroatoms. The number of amides is 2. The second kappa shape index (κ2) is 9.66. The van der Waals surface area contributed by atoms with E-state index in [1.807, 2.05) is 78.6 Å². The lowest BCUT2D eigenvalue weighted by atomic mass is 10.1. The Morgan fingerprint density at radius 2 is 1.72 bits per heavy atom. The molecule has 0 aliphatic rings. The highest BCUT2D eigenvalue weighted by Gasteiger charge is 2.19. The quantitative estimate of drug-likeness (QED) is 0.642. The Morgan fingerprint density at radius 3 is 2.38 bits per heavy atom. The minimum absolute atomic E-state index is 0.142. The standard InChI is InChI=1S/C22H24N4O3/c1-3-29-22(28)23-20(27)16-25(2)14-18-15-26(19-12-8-5-9-13-19)24-21(18)17-10-6-4-7-11-17/h4-13,15H,3,14,16H2,1-2H3,(H,23,27,28)/p+1. The van der Waals surface area contributed by atoms with E-state index in [0.29, 0.717) is 6.54 Å². The van der Waals surface area contributed by atoms with Gasteiger partial charge in [0.2, 0.25) is 0 Å². The van der Waals surface area contributed by atoms with E-state index in [0.717, 1.165) is 27.4 Å². The lowest BCUT2D eigenvalue weighted by Crippen LogP contribution is -3.09. The Labute approximate surface area is 169 Å². The molecule has 0 fully saturated rings. The first-order valence-corrected chi connectivity index (χ1v) is 9.54. The minimum atomic E-state index is -0.716. The number of hydrogen-bond acceptors (Lipinski definition) is 4. The van der Waals surface area contributed by atoms with Crippen molar-refractivity contribution in [3.63, 3.8) is 0 Å². The van der Waals surface area contributed by atoms with Crippen molar-refractivity contribution in [1.82, 2.24) is 15.1 Å². The van der Waals surface area contributed by atoms with Crippen LogP contribution in [0.4, 0.5) is 4.79 Å². The van der Waals surface area contributed by atoms with Crippen LogP contribution >= 0.6 is 0 Å². The zero-order valence-corrected chi connectivity index (χ0v) is 16.6. The van der Waals surface area contributed by atoms with Crippen molar-refractivity contribution in [2.24, 2.45) is 0 Å². The molecule has 0 radical (unpaired) electrons. The molecule has 1 atom stereocenters. The van der Waals surface area contributed by atoms with Crippen LogP contribution < -0.4 is 10.2 Å². The Hall–Kier alpha value is -3.45. The second-order valence-electron chi connectivity index (χ2n) is 6.73. The molecule has 2 amide bonds. The molecule has 0 saturated heterocycles. The predicted molar refractivity (Wildman–Crippen MR) is 110 cm³/mol. The number of likely N-dealkylation sites (N-methyl/N-ethyl adjacent to an activating group) is 1. The molecule has 3 aromatic rings. The summed E-state index contributed by atoms with van der Waals surface area (Å²) in [6, 6.07) is 19.8. The maximum atomic E-state index is 12.1. The summed E-state index contributed by atoms with van der Waals surface area (Å²) in [6.07, 6.45) is 1.27. The molecule has 0 saturated carbocycles. The molecular weight excluding hydrogens is 368 g/mol. The fourth-order valence-electron chi connectivity index (χ4n) is 3.08. The summed E-state index contributed by atoms with van der Waals surface area (Å²) in [7, 11) is 1.90. The average molecular weight is 393 g/mol. The molecule has 2 aromatic carbocycles. The van der Waals surface area contributed by atoms with Crippen LogP contribution in [-0.4, -0.2) is 42.0 Å². The van der Waals surface area contributed by atoms with Gasteiger partial charge >= 0.3 is 6.09 Å². The van der Waals surface area contributed by atoms with Gasteiger partial charge in [-0.05, 0) is 19.1 Å². The van der Waals surface area contributed by atoms with Gasteiger partial charge in [0.25, 0.3) is 5.91 Å². The molecule has 1 unspecified atom stereocenters. The molecule has 1 heterocycles. The summed E-state index contributed by atoms with van der Waals surface area (Å²) in [4.78, 5) is 24.4. The third-order valence-corrected chi connectivity index (χ3v) is 4.33. The summed E-state index contributed by atoms with van der Waals surface area (Å²) in [5.74, 6) is -0.377. The van der Waals surface area contributed by atoms with Gasteiger partial charge in [-0.1, -0.05) is 48.5 Å². The molecule has 7 nitrogen and oxygen atoms in total. The van der Waals surface area contributed by atoms with E-state index in [1.54, 1.807) is 6.92 Å². The molecule has 0 spiro atoms. The Bertz CT molecular complexity index is 955. The van der Waals surface area contributed by atoms with Crippen molar-refractivity contribution in [2.45, 2.75) is 13.5 Å². The van der Waals surface area contributed by atoms with E-state index in [4.69, 9.17) is 9.84 Å². The van der Waals surface area contributed by atoms with Crippen LogP contribution in [0.1, 0.15) is 12.5 Å². The molecule has 2 N–H and O–H groups in total. The van der Waals surface area contributed by atoms with Gasteiger partial charge < -0.3 is 9.64 Å². The van der Waals surface area contributed by atoms with Crippen molar-refractivity contribution >= 4 is 12.0 Å². The number of hydrogen-bond donors (Lipinski definition) is 2. The summed E-state index contributed by atoms with van der Waals surface area (Å²) < 4.78 is 6.60. The van der Waals surface area contributed by atoms with Gasteiger partial charge in [-0.2, -0.15) is 5.10 Å². The number of nitrogens with one attached hydrogen (secondary N) is 2. The smallest absolute Gasteiger partial charge is 0.414 e. The van der Waals surface area contributed by atoms with E-state index in [-0.39, 0.29) is 19.1 Å². The van der Waals surface area contributed by atoms with Crippen LogP contribution in [0.15, 0.2) is 66.9 Å². The zero-order valence-electron chi connectivity index (χ0n) is 16.6. The maximum Gasteiger partial charge on any atom is 0.414 e. The Morgan fingerprint density at radius 1 is 1.07 bits per heavy atom. The number of benzene rings is 2. The van der Waals surface area contributed by atoms with Crippen molar-refractivity contribution in [3.05, 3.63) is 72.4 Å².